The molecule has 2 saturated heterocycles. The Bertz CT molecular complexity index is 451. The highest BCUT2D eigenvalue weighted by Crippen LogP contribution is 2.40. The Morgan fingerprint density at radius 2 is 2.26 bits per heavy atom. The lowest BCUT2D eigenvalue weighted by Crippen LogP contribution is -2.39. The van der Waals surface area contributed by atoms with E-state index in [2.05, 4.69) is 21.9 Å². The van der Waals surface area contributed by atoms with E-state index in [0.29, 0.717) is 12.0 Å². The number of hydrogen-bond acceptors (Lipinski definition) is 5. The van der Waals surface area contributed by atoms with Gasteiger partial charge in [0.2, 0.25) is 5.95 Å². The zero-order valence-corrected chi connectivity index (χ0v) is 11.9. The SMILES string of the molecule is CN1CC[C@H]2C[C@@H](c3ccnc(N(C)C)n3)O[C@@H]2C1. The van der Waals surface area contributed by atoms with Gasteiger partial charge in [-0.25, -0.2) is 9.97 Å². The van der Waals surface area contributed by atoms with E-state index < -0.39 is 0 Å². The highest BCUT2D eigenvalue weighted by Gasteiger charge is 2.39. The number of ether oxygens (including phenoxy) is 1. The molecule has 0 bridgehead atoms. The third-order valence-corrected chi connectivity index (χ3v) is 4.15. The molecule has 104 valence electrons. The van der Waals surface area contributed by atoms with Crippen LogP contribution in [0.1, 0.15) is 24.6 Å². The van der Waals surface area contributed by atoms with Crippen molar-refractivity contribution in [3.05, 3.63) is 18.0 Å². The molecule has 5 nitrogen and oxygen atoms in total. The fourth-order valence-corrected chi connectivity index (χ4v) is 3.03. The van der Waals surface area contributed by atoms with E-state index >= 15 is 0 Å². The van der Waals surface area contributed by atoms with Gasteiger partial charge in [0.25, 0.3) is 0 Å². The Kier molecular flexibility index (Phi) is 3.41. The third-order valence-electron chi connectivity index (χ3n) is 4.15. The van der Waals surface area contributed by atoms with Crippen LogP contribution in [-0.2, 0) is 4.74 Å². The Morgan fingerprint density at radius 1 is 1.42 bits per heavy atom. The van der Waals surface area contributed by atoms with Gasteiger partial charge in [0.15, 0.2) is 0 Å². The Labute approximate surface area is 114 Å². The Morgan fingerprint density at radius 3 is 3.05 bits per heavy atom. The van der Waals surface area contributed by atoms with Gasteiger partial charge in [0, 0.05) is 26.8 Å². The second kappa shape index (κ2) is 5.06. The molecule has 5 heteroatoms. The van der Waals surface area contributed by atoms with E-state index in [1.807, 2.05) is 31.3 Å². The molecule has 0 aromatic carbocycles. The number of piperidine rings is 1. The van der Waals surface area contributed by atoms with Crippen LogP contribution in [0.2, 0.25) is 0 Å². The molecule has 3 heterocycles. The standard InChI is InChI=1S/C14H22N4O/c1-17(2)14-15-6-4-11(16-14)12-8-10-5-7-18(3)9-13(10)19-12/h4,6,10,12-13H,5,7-9H2,1-3H3/t10-,12-,13+/m0/s1. The average Bonchev–Trinajstić information content (AvgIpc) is 2.81. The number of aromatic nitrogens is 2. The summed E-state index contributed by atoms with van der Waals surface area (Å²) in [5.74, 6) is 1.45. The van der Waals surface area contributed by atoms with Gasteiger partial charge < -0.3 is 14.5 Å². The molecule has 0 N–H and O–H groups in total. The van der Waals surface area contributed by atoms with Crippen molar-refractivity contribution in [2.75, 3.05) is 39.1 Å². The smallest absolute Gasteiger partial charge is 0.225 e. The maximum Gasteiger partial charge on any atom is 0.225 e. The number of hydrogen-bond donors (Lipinski definition) is 0. The Hall–Kier alpha value is -1.20. The van der Waals surface area contributed by atoms with Crippen molar-refractivity contribution in [2.45, 2.75) is 25.0 Å². The van der Waals surface area contributed by atoms with Crippen LogP contribution in [0, 0.1) is 5.92 Å². The minimum atomic E-state index is 0.142. The number of likely N-dealkylation sites (N-methyl/N-ethyl adjacent to an activating group) is 1. The highest BCUT2D eigenvalue weighted by atomic mass is 16.5. The molecule has 0 saturated carbocycles. The summed E-state index contributed by atoms with van der Waals surface area (Å²) < 4.78 is 6.21. The number of nitrogens with zero attached hydrogens (tertiary/aromatic N) is 4. The molecule has 2 aliphatic rings. The molecular formula is C14H22N4O. The van der Waals surface area contributed by atoms with Crippen molar-refractivity contribution < 1.29 is 4.74 Å². The van der Waals surface area contributed by atoms with Gasteiger partial charge in [-0.2, -0.15) is 0 Å². The summed E-state index contributed by atoms with van der Waals surface area (Å²) in [7, 11) is 6.09. The van der Waals surface area contributed by atoms with Gasteiger partial charge in [-0.1, -0.05) is 0 Å². The molecule has 19 heavy (non-hydrogen) atoms. The van der Waals surface area contributed by atoms with Crippen LogP contribution < -0.4 is 4.90 Å². The number of anilines is 1. The van der Waals surface area contributed by atoms with Gasteiger partial charge in [-0.05, 0) is 38.4 Å². The summed E-state index contributed by atoms with van der Waals surface area (Å²) in [6.07, 6.45) is 4.69. The summed E-state index contributed by atoms with van der Waals surface area (Å²) in [6, 6.07) is 1.98. The van der Waals surface area contributed by atoms with Gasteiger partial charge in [-0.15, -0.1) is 0 Å². The molecule has 0 radical (unpaired) electrons. The Balaban J connectivity index is 1.75. The summed E-state index contributed by atoms with van der Waals surface area (Å²) in [4.78, 5) is 13.2. The van der Waals surface area contributed by atoms with Gasteiger partial charge in [0.05, 0.1) is 11.8 Å². The van der Waals surface area contributed by atoms with E-state index in [9.17, 15) is 0 Å². The van der Waals surface area contributed by atoms with Crippen molar-refractivity contribution >= 4 is 5.95 Å². The van der Waals surface area contributed by atoms with Crippen LogP contribution in [0.3, 0.4) is 0 Å². The highest BCUT2D eigenvalue weighted by molar-refractivity contribution is 5.28. The van der Waals surface area contributed by atoms with Crippen molar-refractivity contribution in [2.24, 2.45) is 5.92 Å². The first kappa shape index (κ1) is 12.8. The first-order chi connectivity index (χ1) is 9.13. The zero-order chi connectivity index (χ0) is 13.4. The minimum absolute atomic E-state index is 0.142. The molecule has 0 spiro atoms. The summed E-state index contributed by atoms with van der Waals surface area (Å²) in [5.41, 5.74) is 1.02. The van der Waals surface area contributed by atoms with Crippen LogP contribution in [-0.4, -0.2) is 55.2 Å². The van der Waals surface area contributed by atoms with Gasteiger partial charge in [-0.3, -0.25) is 0 Å². The number of likely N-dealkylation sites (tertiary alicyclic amines) is 1. The molecule has 3 rings (SSSR count). The monoisotopic (exact) mass is 262 g/mol. The van der Waals surface area contributed by atoms with Crippen LogP contribution >= 0.6 is 0 Å². The maximum atomic E-state index is 6.21. The van der Waals surface area contributed by atoms with Gasteiger partial charge in [0.1, 0.15) is 6.10 Å². The number of fused-ring (bicyclic) bond motifs is 1. The lowest BCUT2D eigenvalue weighted by molar-refractivity contribution is -0.00240. The van der Waals surface area contributed by atoms with E-state index in [1.54, 1.807) is 0 Å². The molecule has 0 unspecified atom stereocenters. The van der Waals surface area contributed by atoms with Crippen molar-refractivity contribution in [1.82, 2.24) is 14.9 Å². The molecule has 2 aliphatic heterocycles. The molecule has 3 atom stereocenters. The van der Waals surface area contributed by atoms with Crippen molar-refractivity contribution in [3.63, 3.8) is 0 Å². The third kappa shape index (κ3) is 2.58. The minimum Gasteiger partial charge on any atom is -0.367 e. The maximum absolute atomic E-state index is 6.21. The molecule has 2 fully saturated rings. The van der Waals surface area contributed by atoms with Crippen molar-refractivity contribution in [1.29, 1.82) is 0 Å². The topological polar surface area (TPSA) is 41.5 Å². The fraction of sp³-hybridized carbons (Fsp3) is 0.714. The largest absolute Gasteiger partial charge is 0.367 e. The quantitative estimate of drug-likeness (QED) is 0.804. The summed E-state index contributed by atoms with van der Waals surface area (Å²) in [6.45, 7) is 2.23. The van der Waals surface area contributed by atoms with E-state index in [1.165, 1.54) is 13.0 Å². The first-order valence-electron chi connectivity index (χ1n) is 6.98. The van der Waals surface area contributed by atoms with Crippen LogP contribution in [0.15, 0.2) is 12.3 Å². The van der Waals surface area contributed by atoms with Gasteiger partial charge >= 0.3 is 0 Å². The van der Waals surface area contributed by atoms with E-state index in [-0.39, 0.29) is 6.10 Å². The average molecular weight is 262 g/mol. The first-order valence-corrected chi connectivity index (χ1v) is 6.98. The van der Waals surface area contributed by atoms with Crippen LogP contribution in [0.25, 0.3) is 0 Å². The van der Waals surface area contributed by atoms with E-state index in [4.69, 9.17) is 4.74 Å². The molecular weight excluding hydrogens is 240 g/mol. The zero-order valence-electron chi connectivity index (χ0n) is 11.9. The van der Waals surface area contributed by atoms with Crippen LogP contribution in [0.4, 0.5) is 5.95 Å². The molecule has 1 aromatic rings. The molecule has 1 aromatic heterocycles. The predicted octanol–water partition coefficient (Wildman–Crippen LogP) is 1.32. The molecule has 0 amide bonds. The second-order valence-corrected chi connectivity index (χ2v) is 5.89. The predicted molar refractivity (Wildman–Crippen MR) is 74.2 cm³/mol. The molecule has 0 aliphatic carbocycles. The summed E-state index contributed by atoms with van der Waals surface area (Å²) >= 11 is 0. The summed E-state index contributed by atoms with van der Waals surface area (Å²) in [5, 5.41) is 0. The van der Waals surface area contributed by atoms with Crippen molar-refractivity contribution in [3.8, 4) is 0 Å². The number of rotatable bonds is 2. The van der Waals surface area contributed by atoms with Crippen LogP contribution in [0.5, 0.6) is 0 Å². The lowest BCUT2D eigenvalue weighted by Gasteiger charge is -2.31. The second-order valence-electron chi connectivity index (χ2n) is 5.89. The lowest BCUT2D eigenvalue weighted by atomic mass is 9.91. The van der Waals surface area contributed by atoms with E-state index in [0.717, 1.165) is 24.6 Å². The fourth-order valence-electron chi connectivity index (χ4n) is 3.03. The normalized spacial score (nSPS) is 31.2.